The van der Waals surface area contributed by atoms with Crippen LogP contribution in [0, 0.1) is 0 Å². The van der Waals surface area contributed by atoms with Gasteiger partial charge in [-0.2, -0.15) is 10.1 Å². The van der Waals surface area contributed by atoms with E-state index in [-0.39, 0.29) is 18.2 Å². The third-order valence-corrected chi connectivity index (χ3v) is 4.67. The van der Waals surface area contributed by atoms with Gasteiger partial charge in [-0.25, -0.2) is 4.68 Å². The van der Waals surface area contributed by atoms with E-state index in [9.17, 15) is 9.59 Å². The zero-order valence-corrected chi connectivity index (χ0v) is 15.1. The van der Waals surface area contributed by atoms with Crippen molar-refractivity contribution < 1.29 is 9.59 Å². The Hall–Kier alpha value is -3.22. The number of carbonyl (C=O) groups excluding carboxylic acids is 2. The number of unbranched alkanes of at least 4 members (excludes halogenated alkanes) is 1. The lowest BCUT2D eigenvalue weighted by Crippen LogP contribution is -2.36. The summed E-state index contributed by atoms with van der Waals surface area (Å²) in [7, 11) is 0. The van der Waals surface area contributed by atoms with E-state index in [2.05, 4.69) is 27.6 Å². The zero-order valence-electron chi connectivity index (χ0n) is 15.1. The summed E-state index contributed by atoms with van der Waals surface area (Å²) in [6.07, 6.45) is 2.77. The fourth-order valence-corrected chi connectivity index (χ4v) is 3.25. The number of hydrogen-bond donors (Lipinski definition) is 2. The van der Waals surface area contributed by atoms with Crippen molar-refractivity contribution in [2.24, 2.45) is 0 Å². The quantitative estimate of drug-likeness (QED) is 0.728. The van der Waals surface area contributed by atoms with Crippen LogP contribution >= 0.6 is 0 Å². The molecule has 1 aliphatic rings. The monoisotopic (exact) mass is 363 g/mol. The fourth-order valence-electron chi connectivity index (χ4n) is 3.25. The van der Waals surface area contributed by atoms with Crippen LogP contribution in [0.2, 0.25) is 0 Å². The molecule has 7 heteroatoms. The topological polar surface area (TPSA) is 88.9 Å². The normalized spacial score (nSPS) is 16.0. The van der Waals surface area contributed by atoms with Gasteiger partial charge < -0.3 is 5.32 Å². The van der Waals surface area contributed by atoms with Crippen LogP contribution in [-0.2, 0) is 16.0 Å². The molecule has 2 aromatic carbocycles. The van der Waals surface area contributed by atoms with Gasteiger partial charge in [-0.05, 0) is 29.3 Å². The van der Waals surface area contributed by atoms with Gasteiger partial charge in [0.2, 0.25) is 17.8 Å². The molecule has 1 atom stereocenters. The van der Waals surface area contributed by atoms with Crippen LogP contribution in [0.3, 0.4) is 0 Å². The van der Waals surface area contributed by atoms with E-state index >= 15 is 0 Å². The Morgan fingerprint density at radius 2 is 2.07 bits per heavy atom. The first-order chi connectivity index (χ1) is 13.1. The third kappa shape index (κ3) is 3.53. The number of rotatable bonds is 5. The second kappa shape index (κ2) is 7.19. The first-order valence-electron chi connectivity index (χ1n) is 9.19. The number of hydrogen-bond acceptors (Lipinski definition) is 4. The maximum atomic E-state index is 12.9. The number of carbonyl (C=O) groups is 2. The van der Waals surface area contributed by atoms with Gasteiger partial charge in [0.15, 0.2) is 5.82 Å². The molecule has 7 nitrogen and oxygen atoms in total. The molecule has 0 saturated heterocycles. The van der Waals surface area contributed by atoms with Crippen LogP contribution in [0.4, 0.5) is 11.6 Å². The summed E-state index contributed by atoms with van der Waals surface area (Å²) in [5.74, 6) is 0.498. The van der Waals surface area contributed by atoms with Crippen molar-refractivity contribution in [3.05, 3.63) is 48.3 Å². The Balaban J connectivity index is 1.57. The van der Waals surface area contributed by atoms with Gasteiger partial charge in [0.25, 0.3) is 0 Å². The molecule has 2 heterocycles. The predicted molar refractivity (Wildman–Crippen MR) is 103 cm³/mol. The first kappa shape index (κ1) is 17.2. The Morgan fingerprint density at radius 3 is 2.89 bits per heavy atom. The van der Waals surface area contributed by atoms with Gasteiger partial charge in [0, 0.05) is 12.1 Å². The number of fused-ring (bicyclic) bond motifs is 2. The van der Waals surface area contributed by atoms with Crippen molar-refractivity contribution in [1.29, 1.82) is 0 Å². The van der Waals surface area contributed by atoms with E-state index in [1.54, 1.807) is 0 Å². The molecule has 1 aromatic heterocycles. The minimum absolute atomic E-state index is 0.0446. The molecule has 4 rings (SSSR count). The SMILES string of the molecule is CCCCc1nc2n(n1)C(C(=O)Nc1ccc3ccccc3c1)CC(=O)N2. The number of amides is 2. The summed E-state index contributed by atoms with van der Waals surface area (Å²) in [6.45, 7) is 2.09. The highest BCUT2D eigenvalue weighted by atomic mass is 16.2. The van der Waals surface area contributed by atoms with E-state index in [4.69, 9.17) is 0 Å². The van der Waals surface area contributed by atoms with Crippen LogP contribution in [0.1, 0.15) is 38.1 Å². The molecule has 0 bridgehead atoms. The van der Waals surface area contributed by atoms with Gasteiger partial charge in [-0.3, -0.25) is 14.9 Å². The summed E-state index contributed by atoms with van der Waals surface area (Å²) >= 11 is 0. The van der Waals surface area contributed by atoms with E-state index < -0.39 is 6.04 Å². The lowest BCUT2D eigenvalue weighted by molar-refractivity contribution is -0.125. The third-order valence-electron chi connectivity index (χ3n) is 4.67. The van der Waals surface area contributed by atoms with Gasteiger partial charge in [-0.1, -0.05) is 43.7 Å². The molecule has 27 heavy (non-hydrogen) atoms. The molecular formula is C20H21N5O2. The second-order valence-electron chi connectivity index (χ2n) is 6.72. The highest BCUT2D eigenvalue weighted by Crippen LogP contribution is 2.25. The number of aromatic nitrogens is 3. The molecule has 0 saturated carbocycles. The van der Waals surface area contributed by atoms with Crippen LogP contribution in [-0.4, -0.2) is 26.6 Å². The summed E-state index contributed by atoms with van der Waals surface area (Å²) < 4.78 is 1.53. The summed E-state index contributed by atoms with van der Waals surface area (Å²) in [6, 6.07) is 13.0. The molecule has 2 amide bonds. The maximum absolute atomic E-state index is 12.9. The lowest BCUT2D eigenvalue weighted by Gasteiger charge is -2.22. The van der Waals surface area contributed by atoms with Crippen LogP contribution in [0.15, 0.2) is 42.5 Å². The second-order valence-corrected chi connectivity index (χ2v) is 6.72. The van der Waals surface area contributed by atoms with E-state index in [1.807, 2.05) is 42.5 Å². The number of aryl methyl sites for hydroxylation is 1. The maximum Gasteiger partial charge on any atom is 0.249 e. The van der Waals surface area contributed by atoms with E-state index in [1.165, 1.54) is 4.68 Å². The smallest absolute Gasteiger partial charge is 0.249 e. The Kier molecular flexibility index (Phi) is 4.58. The fraction of sp³-hybridized carbons (Fsp3) is 0.300. The van der Waals surface area contributed by atoms with Crippen LogP contribution < -0.4 is 10.6 Å². The molecule has 138 valence electrons. The Morgan fingerprint density at radius 1 is 1.26 bits per heavy atom. The number of benzene rings is 2. The Labute approximate surface area is 156 Å². The van der Waals surface area contributed by atoms with E-state index in [0.29, 0.717) is 17.5 Å². The van der Waals surface area contributed by atoms with Crippen molar-refractivity contribution in [2.45, 2.75) is 38.6 Å². The van der Waals surface area contributed by atoms with Gasteiger partial charge in [0.1, 0.15) is 6.04 Å². The Bertz CT molecular complexity index is 1010. The molecule has 1 unspecified atom stereocenters. The molecule has 2 N–H and O–H groups in total. The molecule has 0 spiro atoms. The van der Waals surface area contributed by atoms with Crippen molar-refractivity contribution in [1.82, 2.24) is 14.8 Å². The minimum Gasteiger partial charge on any atom is -0.324 e. The lowest BCUT2D eigenvalue weighted by atomic mass is 10.1. The van der Waals surface area contributed by atoms with Crippen molar-refractivity contribution in [3.8, 4) is 0 Å². The molecule has 0 radical (unpaired) electrons. The average Bonchev–Trinajstić information content (AvgIpc) is 3.08. The molecule has 0 fully saturated rings. The van der Waals surface area contributed by atoms with Crippen molar-refractivity contribution in [2.75, 3.05) is 10.6 Å². The molecule has 1 aliphatic heterocycles. The minimum atomic E-state index is -0.705. The molecule has 3 aromatic rings. The average molecular weight is 363 g/mol. The zero-order chi connectivity index (χ0) is 18.8. The van der Waals surface area contributed by atoms with Gasteiger partial charge in [0.05, 0.1) is 6.42 Å². The molecule has 0 aliphatic carbocycles. The number of nitrogens with one attached hydrogen (secondary N) is 2. The van der Waals surface area contributed by atoms with Gasteiger partial charge in [-0.15, -0.1) is 0 Å². The van der Waals surface area contributed by atoms with Crippen LogP contribution in [0.5, 0.6) is 0 Å². The van der Waals surface area contributed by atoms with Crippen molar-refractivity contribution >= 4 is 34.2 Å². The largest absolute Gasteiger partial charge is 0.324 e. The predicted octanol–water partition coefficient (Wildman–Crippen LogP) is 3.30. The highest BCUT2D eigenvalue weighted by molar-refractivity contribution is 6.01. The standard InChI is InChI=1S/C20H21N5O2/c1-2-3-8-17-22-20-23-18(26)12-16(25(20)24-17)19(27)21-15-10-9-13-6-4-5-7-14(13)11-15/h4-7,9-11,16H,2-3,8,12H2,1H3,(H,21,27)(H,22,23,24,26). The first-order valence-corrected chi connectivity index (χ1v) is 9.19. The van der Waals surface area contributed by atoms with E-state index in [0.717, 1.165) is 30.0 Å². The van der Waals surface area contributed by atoms with Crippen LogP contribution in [0.25, 0.3) is 10.8 Å². The number of nitrogens with zero attached hydrogens (tertiary/aromatic N) is 3. The highest BCUT2D eigenvalue weighted by Gasteiger charge is 2.33. The number of anilines is 2. The van der Waals surface area contributed by atoms with Crippen molar-refractivity contribution in [3.63, 3.8) is 0 Å². The summed E-state index contributed by atoms with van der Waals surface area (Å²) in [4.78, 5) is 29.2. The summed E-state index contributed by atoms with van der Waals surface area (Å²) in [5.41, 5.74) is 0.692. The summed E-state index contributed by atoms with van der Waals surface area (Å²) in [5, 5.41) is 12.2. The molecular weight excluding hydrogens is 342 g/mol. The van der Waals surface area contributed by atoms with Gasteiger partial charge >= 0.3 is 0 Å².